The van der Waals surface area contributed by atoms with Gasteiger partial charge in [0.25, 0.3) is 5.91 Å². The first-order valence-electron chi connectivity index (χ1n) is 7.04. The monoisotopic (exact) mass is 334 g/mol. The Balaban J connectivity index is 1.93. The van der Waals surface area contributed by atoms with Crippen LogP contribution in [0, 0.1) is 24.2 Å². The summed E-state index contributed by atoms with van der Waals surface area (Å²) in [6, 6.07) is 8.24. The van der Waals surface area contributed by atoms with Gasteiger partial charge in [-0.05, 0) is 56.2 Å². The van der Waals surface area contributed by atoms with Gasteiger partial charge >= 0.3 is 0 Å². The van der Waals surface area contributed by atoms with Crippen molar-refractivity contribution in [2.45, 2.75) is 45.1 Å². The van der Waals surface area contributed by atoms with Gasteiger partial charge in [0.2, 0.25) is 0 Å². The fourth-order valence-electron chi connectivity index (χ4n) is 2.74. The summed E-state index contributed by atoms with van der Waals surface area (Å²) in [5.41, 5.74) is 1.72. The van der Waals surface area contributed by atoms with Crippen LogP contribution in [0.15, 0.2) is 22.7 Å². The average Bonchev–Trinajstić information content (AvgIpc) is 2.44. The lowest BCUT2D eigenvalue weighted by Crippen LogP contribution is -2.37. The highest BCUT2D eigenvalue weighted by atomic mass is 79.9. The fourth-order valence-corrected chi connectivity index (χ4v) is 3.10. The molecule has 106 valence electrons. The zero-order chi connectivity index (χ0) is 14.5. The van der Waals surface area contributed by atoms with Crippen LogP contribution in [-0.4, -0.2) is 11.9 Å². The maximum absolute atomic E-state index is 12.3. The Morgan fingerprint density at radius 1 is 1.40 bits per heavy atom. The summed E-state index contributed by atoms with van der Waals surface area (Å²) >= 11 is 3.40. The molecule has 0 unspecified atom stereocenters. The number of carbonyl (C=O) groups excluding carboxylic acids is 1. The standard InChI is InChI=1S/C16H19BrN2O/c1-11-2-5-13(17)10-15(11)16(20)19-14-6-3-12(4-7-14)8-9-18/h2,5,10,12,14H,3-4,6-8H2,1H3,(H,19,20). The maximum Gasteiger partial charge on any atom is 0.251 e. The highest BCUT2D eigenvalue weighted by Gasteiger charge is 2.23. The first kappa shape index (κ1) is 15.1. The smallest absolute Gasteiger partial charge is 0.251 e. The minimum absolute atomic E-state index is 0.00698. The van der Waals surface area contributed by atoms with Gasteiger partial charge in [0.05, 0.1) is 6.07 Å². The van der Waals surface area contributed by atoms with E-state index >= 15 is 0 Å². The van der Waals surface area contributed by atoms with Crippen LogP contribution in [0.1, 0.15) is 48.0 Å². The van der Waals surface area contributed by atoms with Crippen molar-refractivity contribution in [1.29, 1.82) is 5.26 Å². The van der Waals surface area contributed by atoms with E-state index in [1.807, 2.05) is 25.1 Å². The van der Waals surface area contributed by atoms with Gasteiger partial charge in [-0.25, -0.2) is 0 Å². The first-order chi connectivity index (χ1) is 9.60. The van der Waals surface area contributed by atoms with Crippen LogP contribution < -0.4 is 5.32 Å². The van der Waals surface area contributed by atoms with Crippen molar-refractivity contribution >= 4 is 21.8 Å². The molecule has 1 aromatic carbocycles. The van der Waals surface area contributed by atoms with Gasteiger partial charge in [0.1, 0.15) is 0 Å². The highest BCUT2D eigenvalue weighted by Crippen LogP contribution is 2.27. The Morgan fingerprint density at radius 3 is 2.75 bits per heavy atom. The number of nitrogens with one attached hydrogen (secondary N) is 1. The van der Waals surface area contributed by atoms with E-state index in [4.69, 9.17) is 5.26 Å². The lowest BCUT2D eigenvalue weighted by Gasteiger charge is -2.28. The summed E-state index contributed by atoms with van der Waals surface area (Å²) in [5, 5.41) is 11.8. The topological polar surface area (TPSA) is 52.9 Å². The molecule has 1 aliphatic rings. The van der Waals surface area contributed by atoms with Gasteiger partial charge in [0.15, 0.2) is 0 Å². The van der Waals surface area contributed by atoms with E-state index in [0.29, 0.717) is 12.3 Å². The summed E-state index contributed by atoms with van der Waals surface area (Å²) in [6.07, 6.45) is 4.67. The molecule has 0 spiro atoms. The second-order valence-corrected chi connectivity index (χ2v) is 6.43. The summed E-state index contributed by atoms with van der Waals surface area (Å²) < 4.78 is 0.922. The molecular formula is C16H19BrN2O. The van der Waals surface area contributed by atoms with Gasteiger partial charge < -0.3 is 5.32 Å². The largest absolute Gasteiger partial charge is 0.349 e. The molecule has 4 heteroatoms. The number of aryl methyl sites for hydroxylation is 1. The van der Waals surface area contributed by atoms with E-state index in [0.717, 1.165) is 41.3 Å². The number of halogens is 1. The van der Waals surface area contributed by atoms with Gasteiger partial charge in [-0.15, -0.1) is 0 Å². The van der Waals surface area contributed by atoms with Crippen LogP contribution in [0.2, 0.25) is 0 Å². The zero-order valence-electron chi connectivity index (χ0n) is 11.7. The molecule has 0 radical (unpaired) electrons. The molecule has 0 heterocycles. The Kier molecular flexibility index (Phi) is 5.19. The number of amides is 1. The predicted molar refractivity (Wildman–Crippen MR) is 82.3 cm³/mol. The molecule has 3 nitrogen and oxygen atoms in total. The molecule has 1 aliphatic carbocycles. The van der Waals surface area contributed by atoms with Crippen LogP contribution in [0.4, 0.5) is 0 Å². The number of carbonyl (C=O) groups is 1. The third kappa shape index (κ3) is 3.83. The second-order valence-electron chi connectivity index (χ2n) is 5.51. The Bertz CT molecular complexity index is 528. The third-order valence-electron chi connectivity index (χ3n) is 4.01. The van der Waals surface area contributed by atoms with E-state index in [-0.39, 0.29) is 11.9 Å². The van der Waals surface area contributed by atoms with Crippen LogP contribution in [-0.2, 0) is 0 Å². The molecule has 0 saturated heterocycles. The van der Waals surface area contributed by atoms with Crippen LogP contribution in [0.5, 0.6) is 0 Å². The van der Waals surface area contributed by atoms with Gasteiger partial charge in [-0.3, -0.25) is 4.79 Å². The average molecular weight is 335 g/mol. The minimum Gasteiger partial charge on any atom is -0.349 e. The van der Waals surface area contributed by atoms with Crippen LogP contribution >= 0.6 is 15.9 Å². The van der Waals surface area contributed by atoms with Crippen molar-refractivity contribution in [3.05, 3.63) is 33.8 Å². The van der Waals surface area contributed by atoms with Gasteiger partial charge in [-0.2, -0.15) is 5.26 Å². The van der Waals surface area contributed by atoms with Crippen molar-refractivity contribution in [1.82, 2.24) is 5.32 Å². The Morgan fingerprint density at radius 2 is 2.10 bits per heavy atom. The van der Waals surface area contributed by atoms with Gasteiger partial charge in [0, 0.05) is 22.5 Å². The van der Waals surface area contributed by atoms with E-state index < -0.39 is 0 Å². The molecule has 1 aromatic rings. The van der Waals surface area contributed by atoms with Crippen LogP contribution in [0.25, 0.3) is 0 Å². The van der Waals surface area contributed by atoms with Crippen molar-refractivity contribution in [3.8, 4) is 6.07 Å². The van der Waals surface area contributed by atoms with Crippen molar-refractivity contribution in [2.24, 2.45) is 5.92 Å². The lowest BCUT2D eigenvalue weighted by atomic mass is 9.84. The highest BCUT2D eigenvalue weighted by molar-refractivity contribution is 9.10. The van der Waals surface area contributed by atoms with E-state index in [9.17, 15) is 4.79 Å². The molecule has 1 N–H and O–H groups in total. The molecule has 0 aromatic heterocycles. The summed E-state index contributed by atoms with van der Waals surface area (Å²) in [4.78, 5) is 12.3. The number of nitriles is 1. The summed E-state index contributed by atoms with van der Waals surface area (Å²) in [6.45, 7) is 1.95. The molecule has 0 bridgehead atoms. The number of hydrogen-bond acceptors (Lipinski definition) is 2. The zero-order valence-corrected chi connectivity index (χ0v) is 13.2. The number of benzene rings is 1. The van der Waals surface area contributed by atoms with Gasteiger partial charge in [-0.1, -0.05) is 22.0 Å². The molecule has 1 amide bonds. The minimum atomic E-state index is 0.00698. The number of hydrogen-bond donors (Lipinski definition) is 1. The molecule has 1 fully saturated rings. The summed E-state index contributed by atoms with van der Waals surface area (Å²) in [5.74, 6) is 0.522. The second kappa shape index (κ2) is 6.90. The maximum atomic E-state index is 12.3. The molecule has 2 rings (SSSR count). The molecule has 0 atom stereocenters. The molecule has 0 aliphatic heterocycles. The van der Waals surface area contributed by atoms with Crippen molar-refractivity contribution < 1.29 is 4.79 Å². The van der Waals surface area contributed by atoms with E-state index in [1.165, 1.54) is 0 Å². The predicted octanol–water partition coefficient (Wildman–Crippen LogP) is 3.96. The van der Waals surface area contributed by atoms with E-state index in [1.54, 1.807) is 0 Å². The molecule has 20 heavy (non-hydrogen) atoms. The fraction of sp³-hybridized carbons (Fsp3) is 0.500. The third-order valence-corrected chi connectivity index (χ3v) is 4.50. The number of nitrogens with zero attached hydrogens (tertiary/aromatic N) is 1. The lowest BCUT2D eigenvalue weighted by molar-refractivity contribution is 0.0921. The van der Waals surface area contributed by atoms with E-state index in [2.05, 4.69) is 27.3 Å². The Hall–Kier alpha value is -1.34. The SMILES string of the molecule is Cc1ccc(Br)cc1C(=O)NC1CCC(CC#N)CC1. The normalized spacial score (nSPS) is 22.1. The van der Waals surface area contributed by atoms with Crippen molar-refractivity contribution in [3.63, 3.8) is 0 Å². The quantitative estimate of drug-likeness (QED) is 0.909. The first-order valence-corrected chi connectivity index (χ1v) is 7.83. The van der Waals surface area contributed by atoms with Crippen molar-refractivity contribution in [2.75, 3.05) is 0 Å². The van der Waals surface area contributed by atoms with Crippen LogP contribution in [0.3, 0.4) is 0 Å². The number of rotatable bonds is 3. The Labute approximate surface area is 128 Å². The molecule has 1 saturated carbocycles. The molecular weight excluding hydrogens is 316 g/mol. The summed E-state index contributed by atoms with van der Waals surface area (Å²) in [7, 11) is 0.